The first-order valence-electron chi connectivity index (χ1n) is 11.2. The second kappa shape index (κ2) is 10.0. The van der Waals surface area contributed by atoms with Gasteiger partial charge in [-0.25, -0.2) is 4.79 Å². The van der Waals surface area contributed by atoms with Crippen molar-refractivity contribution in [2.24, 2.45) is 13.0 Å². The number of aliphatic hydroxyl groups excluding tert-OH is 1. The highest BCUT2D eigenvalue weighted by Gasteiger charge is 2.34. The molecule has 0 radical (unpaired) electrons. The zero-order valence-electron chi connectivity index (χ0n) is 18.9. The Hall–Kier alpha value is -2.73. The van der Waals surface area contributed by atoms with Gasteiger partial charge in [0.1, 0.15) is 17.6 Å². The Morgan fingerprint density at radius 3 is 2.67 bits per heavy atom. The van der Waals surface area contributed by atoms with Crippen LogP contribution in [-0.4, -0.2) is 39.7 Å². The monoisotopic (exact) mass is 472 g/mol. The number of aliphatic hydroxyl groups is 1. The van der Waals surface area contributed by atoms with E-state index in [1.165, 1.54) is 17.4 Å². The quantitative estimate of drug-likeness (QED) is 0.572. The molecule has 33 heavy (non-hydrogen) atoms. The number of nitrogens with zero attached hydrogens (tertiary/aromatic N) is 3. The molecule has 1 aromatic heterocycles. The average molecular weight is 473 g/mol. The highest BCUT2D eigenvalue weighted by molar-refractivity contribution is 6.30. The van der Waals surface area contributed by atoms with E-state index in [1.807, 2.05) is 36.1 Å². The van der Waals surface area contributed by atoms with Gasteiger partial charge in [-0.05, 0) is 49.8 Å². The minimum atomic E-state index is -0.505. The van der Waals surface area contributed by atoms with Crippen LogP contribution in [0.15, 0.2) is 33.9 Å². The van der Waals surface area contributed by atoms with Crippen molar-refractivity contribution in [2.75, 3.05) is 23.4 Å². The van der Waals surface area contributed by atoms with Crippen molar-refractivity contribution in [2.45, 2.75) is 51.5 Å². The number of benzene rings is 1. The van der Waals surface area contributed by atoms with E-state index in [2.05, 4.69) is 17.2 Å². The second-order valence-corrected chi connectivity index (χ2v) is 9.02. The number of ether oxygens (including phenoxy) is 1. The zero-order valence-corrected chi connectivity index (χ0v) is 19.6. The fourth-order valence-electron chi connectivity index (χ4n) is 3.85. The van der Waals surface area contributed by atoms with E-state index in [0.29, 0.717) is 42.0 Å². The molecule has 2 aliphatic rings. The topological polar surface area (TPSA) is 88.7 Å². The third kappa shape index (κ3) is 5.27. The zero-order chi connectivity index (χ0) is 23.5. The lowest BCUT2D eigenvalue weighted by Crippen LogP contribution is -2.41. The van der Waals surface area contributed by atoms with Crippen LogP contribution in [0, 0.1) is 17.8 Å². The molecule has 1 aromatic carbocycles. The predicted octanol–water partition coefficient (Wildman–Crippen LogP) is 2.16. The molecule has 1 aliphatic heterocycles. The summed E-state index contributed by atoms with van der Waals surface area (Å²) >= 11 is 6.04. The number of nitrogens with one attached hydrogen (secondary N) is 1. The molecular formula is C24H29ClN4O4. The van der Waals surface area contributed by atoms with Crippen molar-refractivity contribution in [1.82, 2.24) is 9.13 Å². The molecule has 176 valence electrons. The van der Waals surface area contributed by atoms with E-state index in [0.717, 1.165) is 10.1 Å². The average Bonchev–Trinajstić information content (AvgIpc) is 3.57. The molecule has 0 spiro atoms. The third-order valence-corrected chi connectivity index (χ3v) is 6.14. The molecule has 0 saturated heterocycles. The van der Waals surface area contributed by atoms with Crippen LogP contribution >= 0.6 is 11.6 Å². The molecule has 2 atom stereocenters. The fraction of sp³-hybridized carbons (Fsp3) is 0.500. The van der Waals surface area contributed by atoms with Gasteiger partial charge in [0.25, 0.3) is 5.56 Å². The Bertz CT molecular complexity index is 1170. The summed E-state index contributed by atoms with van der Waals surface area (Å²) in [5.41, 5.74) is 0.459. The second-order valence-electron chi connectivity index (χ2n) is 8.58. The molecule has 8 nitrogen and oxygen atoms in total. The number of halogens is 1. The summed E-state index contributed by atoms with van der Waals surface area (Å²) < 4.78 is 8.44. The lowest BCUT2D eigenvalue weighted by atomic mass is 10.2. The molecule has 0 amide bonds. The fourth-order valence-corrected chi connectivity index (χ4v) is 3.98. The first-order valence-corrected chi connectivity index (χ1v) is 11.6. The SMILES string of the molecule is CC(C#CC1Nc2c(n(C)c(=O)n(CCCO)c2=O)N1Cc1ccc(Cl)cc1)OCC1CC1. The highest BCUT2D eigenvalue weighted by atomic mass is 35.5. The van der Waals surface area contributed by atoms with E-state index in [9.17, 15) is 9.59 Å². The van der Waals surface area contributed by atoms with Gasteiger partial charge in [0.15, 0.2) is 6.17 Å². The van der Waals surface area contributed by atoms with E-state index in [-0.39, 0.29) is 19.3 Å². The third-order valence-electron chi connectivity index (χ3n) is 5.89. The summed E-state index contributed by atoms with van der Waals surface area (Å²) in [7, 11) is 1.64. The number of rotatable bonds is 8. The van der Waals surface area contributed by atoms with Crippen LogP contribution < -0.4 is 21.5 Å². The Morgan fingerprint density at radius 2 is 2.00 bits per heavy atom. The van der Waals surface area contributed by atoms with Gasteiger partial charge in [0.2, 0.25) is 0 Å². The van der Waals surface area contributed by atoms with Gasteiger partial charge in [-0.2, -0.15) is 0 Å². The normalized spacial score (nSPS) is 17.8. The molecular weight excluding hydrogens is 444 g/mol. The highest BCUT2D eigenvalue weighted by Crippen LogP contribution is 2.32. The van der Waals surface area contributed by atoms with Crippen LogP contribution in [0.2, 0.25) is 5.02 Å². The minimum Gasteiger partial charge on any atom is -0.396 e. The molecule has 2 aromatic rings. The van der Waals surface area contributed by atoms with Gasteiger partial charge in [-0.1, -0.05) is 35.6 Å². The number of anilines is 2. The molecule has 1 aliphatic carbocycles. The van der Waals surface area contributed by atoms with Crippen LogP contribution in [0.1, 0.15) is 31.7 Å². The van der Waals surface area contributed by atoms with Crippen LogP contribution in [0.4, 0.5) is 11.5 Å². The van der Waals surface area contributed by atoms with Gasteiger partial charge in [0, 0.05) is 31.8 Å². The Labute approximate surface area is 197 Å². The van der Waals surface area contributed by atoms with Crippen LogP contribution in [0.3, 0.4) is 0 Å². The largest absolute Gasteiger partial charge is 0.396 e. The number of aromatic nitrogens is 2. The van der Waals surface area contributed by atoms with Gasteiger partial charge < -0.3 is 20.1 Å². The Balaban J connectivity index is 1.68. The van der Waals surface area contributed by atoms with Crippen molar-refractivity contribution < 1.29 is 9.84 Å². The Kier molecular flexibility index (Phi) is 7.13. The molecule has 2 N–H and O–H groups in total. The lowest BCUT2D eigenvalue weighted by molar-refractivity contribution is 0.0945. The van der Waals surface area contributed by atoms with Crippen LogP contribution in [-0.2, 0) is 24.9 Å². The van der Waals surface area contributed by atoms with E-state index >= 15 is 0 Å². The van der Waals surface area contributed by atoms with Crippen molar-refractivity contribution in [3.05, 3.63) is 55.7 Å². The summed E-state index contributed by atoms with van der Waals surface area (Å²) in [5, 5.41) is 13.0. The van der Waals surface area contributed by atoms with Crippen LogP contribution in [0.25, 0.3) is 0 Å². The first kappa shape index (κ1) is 23.4. The number of hydrogen-bond acceptors (Lipinski definition) is 6. The molecule has 1 fully saturated rings. The van der Waals surface area contributed by atoms with Crippen molar-refractivity contribution in [3.63, 3.8) is 0 Å². The van der Waals surface area contributed by atoms with Crippen LogP contribution in [0.5, 0.6) is 0 Å². The number of fused-ring (bicyclic) bond motifs is 1. The molecule has 2 unspecified atom stereocenters. The molecule has 0 bridgehead atoms. The van der Waals surface area contributed by atoms with Crippen molar-refractivity contribution >= 4 is 23.1 Å². The van der Waals surface area contributed by atoms with Gasteiger partial charge >= 0.3 is 5.69 Å². The maximum Gasteiger partial charge on any atom is 0.332 e. The maximum absolute atomic E-state index is 13.1. The molecule has 1 saturated carbocycles. The predicted molar refractivity (Wildman–Crippen MR) is 129 cm³/mol. The Morgan fingerprint density at radius 1 is 1.27 bits per heavy atom. The van der Waals surface area contributed by atoms with E-state index in [1.54, 1.807) is 7.05 Å². The maximum atomic E-state index is 13.1. The summed E-state index contributed by atoms with van der Waals surface area (Å²) in [6.45, 7) is 3.11. The summed E-state index contributed by atoms with van der Waals surface area (Å²) in [5.74, 6) is 7.49. The number of hydrogen-bond donors (Lipinski definition) is 2. The van der Waals surface area contributed by atoms with E-state index < -0.39 is 17.4 Å². The van der Waals surface area contributed by atoms with Crippen molar-refractivity contribution in [1.29, 1.82) is 0 Å². The lowest BCUT2D eigenvalue weighted by Gasteiger charge is -2.24. The standard InChI is InChI=1S/C24H29ClN4O4/c1-16(33-15-18-5-6-18)4-11-20-26-21-22(29(20)14-17-7-9-19(25)10-8-17)27(2)24(32)28(23(21)31)12-3-13-30/h7-10,16,18,20,26,30H,3,5-6,12-15H2,1-2H3. The van der Waals surface area contributed by atoms with Crippen molar-refractivity contribution in [3.8, 4) is 11.8 Å². The van der Waals surface area contributed by atoms with Gasteiger partial charge in [-0.15, -0.1) is 0 Å². The molecule has 9 heteroatoms. The first-order chi connectivity index (χ1) is 15.9. The van der Waals surface area contributed by atoms with Gasteiger partial charge in [0.05, 0.1) is 6.61 Å². The summed E-state index contributed by atoms with van der Waals surface area (Å²) in [6, 6.07) is 7.43. The molecule has 2 heterocycles. The van der Waals surface area contributed by atoms with Gasteiger partial charge in [-0.3, -0.25) is 13.9 Å². The van der Waals surface area contributed by atoms with E-state index in [4.69, 9.17) is 21.4 Å². The summed E-state index contributed by atoms with van der Waals surface area (Å²) in [6.07, 6.45) is 2.01. The molecule has 4 rings (SSSR count). The smallest absolute Gasteiger partial charge is 0.332 e. The minimum absolute atomic E-state index is 0.102. The summed E-state index contributed by atoms with van der Waals surface area (Å²) in [4.78, 5) is 28.0.